The molecule has 1 rings (SSSR count). The summed E-state index contributed by atoms with van der Waals surface area (Å²) in [5.41, 5.74) is 0. The third kappa shape index (κ3) is 1.94. The van der Waals surface area contributed by atoms with Gasteiger partial charge in [-0.3, -0.25) is 0 Å². The Hall–Kier alpha value is -1.10. The highest BCUT2D eigenvalue weighted by Gasteiger charge is 2.08. The van der Waals surface area contributed by atoms with Crippen molar-refractivity contribution in [1.82, 2.24) is 4.98 Å². The third-order valence-corrected chi connectivity index (χ3v) is 2.30. The fourth-order valence-electron chi connectivity index (χ4n) is 0.721. The molecular formula is C7H9NO3S. The van der Waals surface area contributed by atoms with Gasteiger partial charge < -0.3 is 4.74 Å². The van der Waals surface area contributed by atoms with Crippen LogP contribution in [0.1, 0.15) is 0 Å². The zero-order valence-corrected chi connectivity index (χ0v) is 7.63. The fourth-order valence-corrected chi connectivity index (χ4v) is 1.30. The third-order valence-electron chi connectivity index (χ3n) is 1.32. The second-order valence-corrected chi connectivity index (χ2v) is 4.27. The van der Waals surface area contributed by atoms with Gasteiger partial charge in [-0.1, -0.05) is 0 Å². The van der Waals surface area contributed by atoms with E-state index in [-0.39, 0.29) is 5.03 Å². The number of rotatable bonds is 2. The van der Waals surface area contributed by atoms with Crippen molar-refractivity contribution in [1.29, 1.82) is 0 Å². The molecule has 5 heteroatoms. The summed E-state index contributed by atoms with van der Waals surface area (Å²) in [5, 5.41) is 0.0295. The number of ether oxygens (including phenoxy) is 1. The normalized spacial score (nSPS) is 11.2. The molecule has 0 spiro atoms. The van der Waals surface area contributed by atoms with Gasteiger partial charge in [0.05, 0.1) is 7.11 Å². The molecule has 1 heterocycles. The van der Waals surface area contributed by atoms with E-state index in [0.717, 1.165) is 6.26 Å². The van der Waals surface area contributed by atoms with Gasteiger partial charge in [-0.2, -0.15) is 0 Å². The Kier molecular flexibility index (Phi) is 2.32. The zero-order chi connectivity index (χ0) is 9.19. The maximum atomic E-state index is 11.0. The lowest BCUT2D eigenvalue weighted by Crippen LogP contribution is -2.00. The minimum atomic E-state index is -3.23. The molecule has 1 aromatic rings. The Bertz CT molecular complexity index is 372. The average Bonchev–Trinajstić information content (AvgIpc) is 2.03. The highest BCUT2D eigenvalue weighted by molar-refractivity contribution is 7.90. The molecule has 0 atom stereocenters. The van der Waals surface area contributed by atoms with E-state index in [0.29, 0.717) is 5.75 Å². The zero-order valence-electron chi connectivity index (χ0n) is 6.81. The van der Waals surface area contributed by atoms with Crippen LogP contribution in [0, 0.1) is 0 Å². The first kappa shape index (κ1) is 8.99. The predicted octanol–water partition coefficient (Wildman–Crippen LogP) is 0.494. The SMILES string of the molecule is COc1ccnc(S(C)(=O)=O)c1. The van der Waals surface area contributed by atoms with Crippen molar-refractivity contribution >= 4 is 9.84 Å². The molecule has 0 bridgehead atoms. The first-order valence-electron chi connectivity index (χ1n) is 3.24. The Morgan fingerprint density at radius 1 is 1.50 bits per heavy atom. The molecule has 0 amide bonds. The van der Waals surface area contributed by atoms with Crippen LogP contribution in [0.3, 0.4) is 0 Å². The van der Waals surface area contributed by atoms with E-state index in [4.69, 9.17) is 4.74 Å². The van der Waals surface area contributed by atoms with Gasteiger partial charge in [-0.25, -0.2) is 13.4 Å². The molecule has 66 valence electrons. The first-order valence-corrected chi connectivity index (χ1v) is 5.13. The molecule has 0 radical (unpaired) electrons. The van der Waals surface area contributed by atoms with Crippen LogP contribution in [0.5, 0.6) is 5.75 Å². The topological polar surface area (TPSA) is 56.3 Å². The lowest BCUT2D eigenvalue weighted by atomic mass is 10.5. The number of aromatic nitrogens is 1. The summed E-state index contributed by atoms with van der Waals surface area (Å²) >= 11 is 0. The highest BCUT2D eigenvalue weighted by atomic mass is 32.2. The molecule has 0 N–H and O–H groups in total. The van der Waals surface area contributed by atoms with Crippen molar-refractivity contribution in [3.05, 3.63) is 18.3 Å². The molecule has 0 aliphatic carbocycles. The molecule has 0 fully saturated rings. The summed E-state index contributed by atoms with van der Waals surface area (Å²) in [6.07, 6.45) is 2.50. The van der Waals surface area contributed by atoms with Crippen molar-refractivity contribution in [3.8, 4) is 5.75 Å². The molecule has 0 saturated heterocycles. The number of nitrogens with zero attached hydrogens (tertiary/aromatic N) is 1. The van der Waals surface area contributed by atoms with Crippen molar-refractivity contribution in [2.24, 2.45) is 0 Å². The monoisotopic (exact) mass is 187 g/mol. The van der Waals surface area contributed by atoms with E-state index < -0.39 is 9.84 Å². The maximum Gasteiger partial charge on any atom is 0.192 e. The van der Waals surface area contributed by atoms with Crippen LogP contribution < -0.4 is 4.74 Å². The minimum absolute atomic E-state index is 0.0295. The second kappa shape index (κ2) is 3.10. The Morgan fingerprint density at radius 3 is 2.67 bits per heavy atom. The van der Waals surface area contributed by atoms with E-state index in [1.165, 1.54) is 19.4 Å². The summed E-state index contributed by atoms with van der Waals surface area (Å²) < 4.78 is 26.8. The molecule has 4 nitrogen and oxygen atoms in total. The quantitative estimate of drug-likeness (QED) is 0.676. The molecule has 0 aliphatic rings. The van der Waals surface area contributed by atoms with Crippen LogP contribution in [-0.2, 0) is 9.84 Å². The van der Waals surface area contributed by atoms with Crippen molar-refractivity contribution in [2.75, 3.05) is 13.4 Å². The van der Waals surface area contributed by atoms with E-state index >= 15 is 0 Å². The summed E-state index contributed by atoms with van der Waals surface area (Å²) in [6.45, 7) is 0. The maximum absolute atomic E-state index is 11.0. The summed E-state index contributed by atoms with van der Waals surface area (Å²) in [5.74, 6) is 0.491. The summed E-state index contributed by atoms with van der Waals surface area (Å²) in [4.78, 5) is 3.69. The highest BCUT2D eigenvalue weighted by Crippen LogP contribution is 2.13. The smallest absolute Gasteiger partial charge is 0.192 e. The summed E-state index contributed by atoms with van der Waals surface area (Å²) in [6, 6.07) is 2.98. The molecule has 0 aromatic carbocycles. The number of methoxy groups -OCH3 is 1. The van der Waals surface area contributed by atoms with Gasteiger partial charge in [0.25, 0.3) is 0 Å². The lowest BCUT2D eigenvalue weighted by molar-refractivity contribution is 0.412. The first-order chi connectivity index (χ1) is 5.54. The minimum Gasteiger partial charge on any atom is -0.497 e. The van der Waals surface area contributed by atoms with Gasteiger partial charge in [-0.15, -0.1) is 0 Å². The number of pyridine rings is 1. The van der Waals surface area contributed by atoms with Crippen LogP contribution in [0.25, 0.3) is 0 Å². The van der Waals surface area contributed by atoms with Gasteiger partial charge in [0.15, 0.2) is 14.9 Å². The Morgan fingerprint density at radius 2 is 2.17 bits per heavy atom. The molecule has 12 heavy (non-hydrogen) atoms. The van der Waals surface area contributed by atoms with Gasteiger partial charge in [-0.05, 0) is 6.07 Å². The number of hydrogen-bond donors (Lipinski definition) is 0. The average molecular weight is 187 g/mol. The Labute approximate surface area is 71.1 Å². The largest absolute Gasteiger partial charge is 0.497 e. The van der Waals surface area contributed by atoms with E-state index in [1.54, 1.807) is 6.07 Å². The molecule has 0 aliphatic heterocycles. The number of hydrogen-bond acceptors (Lipinski definition) is 4. The van der Waals surface area contributed by atoms with E-state index in [2.05, 4.69) is 4.98 Å². The van der Waals surface area contributed by atoms with Crippen LogP contribution >= 0.6 is 0 Å². The van der Waals surface area contributed by atoms with Crippen molar-refractivity contribution in [3.63, 3.8) is 0 Å². The summed E-state index contributed by atoms with van der Waals surface area (Å²) in [7, 11) is -1.75. The van der Waals surface area contributed by atoms with Gasteiger partial charge in [0, 0.05) is 18.5 Å². The van der Waals surface area contributed by atoms with E-state index in [9.17, 15) is 8.42 Å². The van der Waals surface area contributed by atoms with Crippen LogP contribution in [0.2, 0.25) is 0 Å². The molecule has 0 saturated carbocycles. The Balaban J connectivity index is 3.20. The van der Waals surface area contributed by atoms with E-state index in [1.807, 2.05) is 0 Å². The van der Waals surface area contributed by atoms with Crippen molar-refractivity contribution < 1.29 is 13.2 Å². The predicted molar refractivity (Wildman–Crippen MR) is 43.9 cm³/mol. The second-order valence-electron chi connectivity index (χ2n) is 2.31. The molecule has 1 aromatic heterocycles. The van der Waals surface area contributed by atoms with Crippen LogP contribution in [0.4, 0.5) is 0 Å². The van der Waals surface area contributed by atoms with Gasteiger partial charge >= 0.3 is 0 Å². The lowest BCUT2D eigenvalue weighted by Gasteiger charge is -2.00. The van der Waals surface area contributed by atoms with Gasteiger partial charge in [0.2, 0.25) is 0 Å². The van der Waals surface area contributed by atoms with Gasteiger partial charge in [0.1, 0.15) is 5.75 Å². The standard InChI is InChI=1S/C7H9NO3S/c1-11-6-3-4-8-7(5-6)12(2,9)10/h3-5H,1-2H3. The van der Waals surface area contributed by atoms with Crippen LogP contribution in [0.15, 0.2) is 23.4 Å². The van der Waals surface area contributed by atoms with Crippen molar-refractivity contribution in [2.45, 2.75) is 5.03 Å². The molecular weight excluding hydrogens is 178 g/mol. The number of sulfone groups is 1. The molecule has 0 unspecified atom stereocenters. The van der Waals surface area contributed by atoms with Crippen LogP contribution in [-0.4, -0.2) is 26.8 Å². The fraction of sp³-hybridized carbons (Fsp3) is 0.286.